The average molecular weight is 317 g/mol. The SMILES string of the molecule is C/C(=N\NC(N)=O)c1c(O)n(-c2ccc(C)cc2)c(=O)[nH]c1=O. The summed E-state index contributed by atoms with van der Waals surface area (Å²) >= 11 is 0. The Labute approximate surface area is 130 Å². The molecule has 0 bridgehead atoms. The Hall–Kier alpha value is -3.36. The topological polar surface area (TPSA) is 143 Å². The summed E-state index contributed by atoms with van der Waals surface area (Å²) in [4.78, 5) is 36.7. The summed E-state index contributed by atoms with van der Waals surface area (Å²) in [6, 6.07) is 5.81. The van der Waals surface area contributed by atoms with Crippen molar-refractivity contribution in [3.8, 4) is 11.6 Å². The number of aryl methyl sites for hydroxylation is 1. The number of hydrazone groups is 1. The van der Waals surface area contributed by atoms with Gasteiger partial charge in [0.25, 0.3) is 5.56 Å². The van der Waals surface area contributed by atoms with Crippen LogP contribution in [0.4, 0.5) is 4.79 Å². The zero-order valence-corrected chi connectivity index (χ0v) is 12.5. The second-order valence-corrected chi connectivity index (χ2v) is 4.80. The normalized spacial score (nSPS) is 11.3. The summed E-state index contributed by atoms with van der Waals surface area (Å²) in [6.45, 7) is 3.25. The van der Waals surface area contributed by atoms with E-state index in [-0.39, 0.29) is 11.3 Å². The molecule has 0 spiro atoms. The minimum atomic E-state index is -0.924. The zero-order valence-electron chi connectivity index (χ0n) is 12.5. The van der Waals surface area contributed by atoms with Crippen LogP contribution >= 0.6 is 0 Å². The van der Waals surface area contributed by atoms with E-state index in [2.05, 4.69) is 10.1 Å². The number of nitrogens with zero attached hydrogens (tertiary/aromatic N) is 2. The second kappa shape index (κ2) is 6.18. The number of amides is 2. The van der Waals surface area contributed by atoms with Crippen molar-refractivity contribution < 1.29 is 9.90 Å². The molecule has 9 heteroatoms. The molecule has 0 saturated heterocycles. The van der Waals surface area contributed by atoms with E-state index in [1.54, 1.807) is 24.3 Å². The summed E-state index contributed by atoms with van der Waals surface area (Å²) in [5, 5.41) is 13.9. The van der Waals surface area contributed by atoms with Crippen molar-refractivity contribution in [3.05, 3.63) is 56.2 Å². The quantitative estimate of drug-likeness (QED) is 0.464. The van der Waals surface area contributed by atoms with E-state index >= 15 is 0 Å². The lowest BCUT2D eigenvalue weighted by atomic mass is 10.2. The smallest absolute Gasteiger partial charge is 0.335 e. The number of rotatable bonds is 3. The van der Waals surface area contributed by atoms with Gasteiger partial charge in [0.2, 0.25) is 5.88 Å². The molecule has 1 heterocycles. The highest BCUT2D eigenvalue weighted by atomic mass is 16.3. The van der Waals surface area contributed by atoms with Gasteiger partial charge in [-0.2, -0.15) is 5.10 Å². The monoisotopic (exact) mass is 317 g/mol. The number of carbonyl (C=O) groups excluding carboxylic acids is 1. The van der Waals surface area contributed by atoms with Crippen LogP contribution in [-0.4, -0.2) is 26.4 Å². The fourth-order valence-corrected chi connectivity index (χ4v) is 1.98. The van der Waals surface area contributed by atoms with Crippen molar-refractivity contribution in [2.45, 2.75) is 13.8 Å². The largest absolute Gasteiger partial charge is 0.493 e. The van der Waals surface area contributed by atoms with E-state index < -0.39 is 23.2 Å². The summed E-state index contributed by atoms with van der Waals surface area (Å²) in [5.74, 6) is -0.588. The highest BCUT2D eigenvalue weighted by Crippen LogP contribution is 2.17. The van der Waals surface area contributed by atoms with E-state index in [9.17, 15) is 19.5 Å². The molecule has 0 radical (unpaired) electrons. The maximum atomic E-state index is 12.0. The van der Waals surface area contributed by atoms with Crippen molar-refractivity contribution in [3.63, 3.8) is 0 Å². The molecule has 23 heavy (non-hydrogen) atoms. The number of nitrogens with two attached hydrogens (primary N) is 1. The molecule has 0 aliphatic carbocycles. The molecule has 5 N–H and O–H groups in total. The van der Waals surface area contributed by atoms with E-state index in [0.29, 0.717) is 5.69 Å². The number of hydrogen-bond acceptors (Lipinski definition) is 5. The minimum Gasteiger partial charge on any atom is -0.493 e. The number of aromatic nitrogens is 2. The van der Waals surface area contributed by atoms with Crippen LogP contribution in [0.25, 0.3) is 5.69 Å². The number of H-pyrrole nitrogens is 1. The van der Waals surface area contributed by atoms with Crippen LogP contribution in [0.15, 0.2) is 39.0 Å². The van der Waals surface area contributed by atoms with Crippen molar-refractivity contribution in [1.82, 2.24) is 15.0 Å². The average Bonchev–Trinajstić information content (AvgIpc) is 2.46. The van der Waals surface area contributed by atoms with Crippen LogP contribution in [0.1, 0.15) is 18.1 Å². The van der Waals surface area contributed by atoms with Gasteiger partial charge in [-0.25, -0.2) is 19.6 Å². The van der Waals surface area contributed by atoms with Gasteiger partial charge in [0, 0.05) is 0 Å². The van der Waals surface area contributed by atoms with E-state index in [1.807, 2.05) is 12.3 Å². The van der Waals surface area contributed by atoms with Gasteiger partial charge in [-0.05, 0) is 26.0 Å². The number of hydrogen-bond donors (Lipinski definition) is 4. The van der Waals surface area contributed by atoms with Crippen LogP contribution in [0, 0.1) is 6.92 Å². The molecule has 0 saturated carbocycles. The van der Waals surface area contributed by atoms with Gasteiger partial charge in [-0.1, -0.05) is 17.7 Å². The first-order valence-corrected chi connectivity index (χ1v) is 6.56. The summed E-state index contributed by atoms with van der Waals surface area (Å²) < 4.78 is 0.930. The molecule has 2 amide bonds. The van der Waals surface area contributed by atoms with E-state index in [4.69, 9.17) is 5.73 Å². The zero-order chi connectivity index (χ0) is 17.1. The molecule has 0 aliphatic rings. The Morgan fingerprint density at radius 1 is 1.30 bits per heavy atom. The molecular weight excluding hydrogens is 302 g/mol. The first-order chi connectivity index (χ1) is 10.8. The van der Waals surface area contributed by atoms with Crippen molar-refractivity contribution in [1.29, 1.82) is 0 Å². The summed E-state index contributed by atoms with van der Waals surface area (Å²) in [5.41, 5.74) is 6.29. The van der Waals surface area contributed by atoms with E-state index in [1.165, 1.54) is 6.92 Å². The Morgan fingerprint density at radius 2 is 1.91 bits per heavy atom. The molecule has 0 fully saturated rings. The molecule has 0 atom stereocenters. The third-order valence-electron chi connectivity index (χ3n) is 3.07. The number of benzene rings is 1. The number of aromatic hydroxyl groups is 1. The molecule has 1 aromatic carbocycles. The van der Waals surface area contributed by atoms with Crippen molar-refractivity contribution in [2.24, 2.45) is 10.8 Å². The maximum Gasteiger partial charge on any atom is 0.335 e. The van der Waals surface area contributed by atoms with Gasteiger partial charge in [0.1, 0.15) is 5.56 Å². The van der Waals surface area contributed by atoms with Crippen LogP contribution in [-0.2, 0) is 0 Å². The third kappa shape index (κ3) is 3.28. The van der Waals surface area contributed by atoms with Gasteiger partial charge in [-0.3, -0.25) is 9.78 Å². The van der Waals surface area contributed by atoms with Crippen LogP contribution in [0.3, 0.4) is 0 Å². The number of urea groups is 1. The number of aromatic amines is 1. The van der Waals surface area contributed by atoms with Gasteiger partial charge in [-0.15, -0.1) is 0 Å². The molecule has 0 aliphatic heterocycles. The Kier molecular flexibility index (Phi) is 4.30. The van der Waals surface area contributed by atoms with Crippen LogP contribution in [0.2, 0.25) is 0 Å². The number of carbonyl (C=O) groups is 1. The fourth-order valence-electron chi connectivity index (χ4n) is 1.98. The van der Waals surface area contributed by atoms with Gasteiger partial charge in [0.05, 0.1) is 11.4 Å². The first kappa shape index (κ1) is 16.0. The number of primary amides is 1. The van der Waals surface area contributed by atoms with Crippen molar-refractivity contribution in [2.75, 3.05) is 0 Å². The summed E-state index contributed by atoms with van der Waals surface area (Å²) in [6.07, 6.45) is 0. The molecule has 120 valence electrons. The predicted molar refractivity (Wildman–Crippen MR) is 84.0 cm³/mol. The maximum absolute atomic E-state index is 12.0. The number of nitrogens with one attached hydrogen (secondary N) is 2. The molecular formula is C14H15N5O4. The molecule has 2 rings (SSSR count). The van der Waals surface area contributed by atoms with Crippen LogP contribution in [0.5, 0.6) is 5.88 Å². The fraction of sp³-hybridized carbons (Fsp3) is 0.143. The third-order valence-corrected chi connectivity index (χ3v) is 3.07. The Bertz CT molecular complexity index is 893. The van der Waals surface area contributed by atoms with Gasteiger partial charge >= 0.3 is 11.7 Å². The predicted octanol–water partition coefficient (Wildman–Crippen LogP) is -0.0679. The molecule has 1 aromatic heterocycles. The second-order valence-electron chi connectivity index (χ2n) is 4.80. The molecule has 2 aromatic rings. The highest BCUT2D eigenvalue weighted by molar-refractivity contribution is 6.00. The van der Waals surface area contributed by atoms with Crippen LogP contribution < -0.4 is 22.4 Å². The first-order valence-electron chi connectivity index (χ1n) is 6.56. The summed E-state index contributed by atoms with van der Waals surface area (Å²) in [7, 11) is 0. The lowest BCUT2D eigenvalue weighted by molar-refractivity contribution is 0.249. The van der Waals surface area contributed by atoms with Gasteiger partial charge < -0.3 is 10.8 Å². The van der Waals surface area contributed by atoms with Crippen molar-refractivity contribution >= 4 is 11.7 Å². The highest BCUT2D eigenvalue weighted by Gasteiger charge is 2.18. The molecule has 0 unspecified atom stereocenters. The van der Waals surface area contributed by atoms with E-state index in [0.717, 1.165) is 10.1 Å². The lowest BCUT2D eigenvalue weighted by Gasteiger charge is -2.11. The molecule has 9 nitrogen and oxygen atoms in total. The Morgan fingerprint density at radius 3 is 2.48 bits per heavy atom. The Balaban J connectivity index is 2.67. The lowest BCUT2D eigenvalue weighted by Crippen LogP contribution is -2.33. The standard InChI is InChI=1S/C14H15N5O4/c1-7-3-5-9(6-4-7)19-12(21)10(11(20)16-14(19)23)8(2)17-18-13(15)22/h3-6,21H,1-2H3,(H3,15,18,22)(H,16,20,23)/b17-8+. The minimum absolute atomic E-state index is 0.0107. The van der Waals surface area contributed by atoms with Gasteiger partial charge in [0.15, 0.2) is 0 Å².